The van der Waals surface area contributed by atoms with Crippen LogP contribution >= 0.6 is 0 Å². The highest BCUT2D eigenvalue weighted by Crippen LogP contribution is 2.23. The van der Waals surface area contributed by atoms with E-state index in [9.17, 15) is 9.90 Å². The number of phenols is 1. The highest BCUT2D eigenvalue weighted by molar-refractivity contribution is 5.82. The second-order valence-corrected chi connectivity index (χ2v) is 4.91. The third-order valence-corrected chi connectivity index (χ3v) is 3.50. The Morgan fingerprint density at radius 1 is 1.56 bits per heavy atom. The van der Waals surface area contributed by atoms with Crippen molar-refractivity contribution < 1.29 is 9.90 Å². The summed E-state index contributed by atoms with van der Waals surface area (Å²) in [5.74, 6) is 0.147. The van der Waals surface area contributed by atoms with Gasteiger partial charge in [-0.2, -0.15) is 0 Å². The van der Waals surface area contributed by atoms with Crippen LogP contribution in [0.2, 0.25) is 0 Å². The number of benzene rings is 1. The molecule has 0 saturated heterocycles. The summed E-state index contributed by atoms with van der Waals surface area (Å²) in [6.07, 6.45) is 0.697. The summed E-state index contributed by atoms with van der Waals surface area (Å²) in [6, 6.07) is 6.73. The molecule has 100 valence electrons. The first-order valence-corrected chi connectivity index (χ1v) is 6.23. The Morgan fingerprint density at radius 2 is 2.22 bits per heavy atom. The van der Waals surface area contributed by atoms with Crippen LogP contribution in [0.3, 0.4) is 0 Å². The summed E-state index contributed by atoms with van der Waals surface area (Å²) in [5.41, 5.74) is 5.99. The van der Waals surface area contributed by atoms with E-state index in [-0.39, 0.29) is 17.7 Å². The van der Waals surface area contributed by atoms with Crippen LogP contribution < -0.4 is 11.1 Å². The molecular formula is C14H22N2O2. The molecular weight excluding hydrogens is 228 g/mol. The third kappa shape index (κ3) is 3.23. The minimum absolute atomic E-state index is 0.0525. The maximum atomic E-state index is 12.1. The van der Waals surface area contributed by atoms with Crippen LogP contribution in [0, 0.1) is 5.41 Å². The zero-order chi connectivity index (χ0) is 13.8. The zero-order valence-corrected chi connectivity index (χ0v) is 11.2. The van der Waals surface area contributed by atoms with Gasteiger partial charge in [0.25, 0.3) is 0 Å². The van der Waals surface area contributed by atoms with Gasteiger partial charge in [-0.3, -0.25) is 4.79 Å². The normalized spacial score (nSPS) is 15.8. The van der Waals surface area contributed by atoms with Crippen molar-refractivity contribution in [3.05, 3.63) is 29.8 Å². The lowest BCUT2D eigenvalue weighted by Gasteiger charge is -2.27. The fourth-order valence-corrected chi connectivity index (χ4v) is 1.65. The number of nitrogens with two attached hydrogens (primary N) is 1. The second kappa shape index (κ2) is 5.87. The topological polar surface area (TPSA) is 75.4 Å². The van der Waals surface area contributed by atoms with E-state index in [4.69, 9.17) is 5.73 Å². The smallest absolute Gasteiger partial charge is 0.227 e. The number of nitrogens with one attached hydrogen (secondary N) is 1. The molecule has 0 aliphatic rings. The van der Waals surface area contributed by atoms with Crippen molar-refractivity contribution >= 4 is 5.91 Å². The number of aromatic hydroxyl groups is 1. The first kappa shape index (κ1) is 14.5. The highest BCUT2D eigenvalue weighted by Gasteiger charge is 2.30. The molecule has 0 spiro atoms. The van der Waals surface area contributed by atoms with Gasteiger partial charge in [-0.15, -0.1) is 0 Å². The number of amides is 1. The summed E-state index contributed by atoms with van der Waals surface area (Å²) in [7, 11) is 0. The van der Waals surface area contributed by atoms with Crippen molar-refractivity contribution in [1.29, 1.82) is 0 Å². The molecule has 0 fully saturated rings. The number of phenolic OH excluding ortho intramolecular Hbond substituents is 1. The molecule has 4 nitrogen and oxygen atoms in total. The minimum atomic E-state index is -0.537. The van der Waals surface area contributed by atoms with Crippen molar-refractivity contribution in [2.75, 3.05) is 6.54 Å². The van der Waals surface area contributed by atoms with Crippen LogP contribution in [0.1, 0.15) is 38.8 Å². The molecule has 1 amide bonds. The molecule has 4 heteroatoms. The molecule has 1 aromatic rings. The summed E-state index contributed by atoms with van der Waals surface area (Å²) >= 11 is 0. The summed E-state index contributed by atoms with van der Waals surface area (Å²) in [4.78, 5) is 12.1. The molecule has 1 aromatic carbocycles. The van der Waals surface area contributed by atoms with Gasteiger partial charge in [-0.25, -0.2) is 0 Å². The third-order valence-electron chi connectivity index (χ3n) is 3.50. The monoisotopic (exact) mass is 250 g/mol. The quantitative estimate of drug-likeness (QED) is 0.747. The van der Waals surface area contributed by atoms with E-state index in [1.54, 1.807) is 18.2 Å². The fourth-order valence-electron chi connectivity index (χ4n) is 1.65. The van der Waals surface area contributed by atoms with E-state index in [0.29, 0.717) is 13.0 Å². The molecule has 0 saturated carbocycles. The molecule has 0 aliphatic carbocycles. The minimum Gasteiger partial charge on any atom is -0.508 e. The SMILES string of the molecule is CCC(C)(CN)C(=O)NC(C)c1cccc(O)c1. The molecule has 4 N–H and O–H groups in total. The van der Waals surface area contributed by atoms with Gasteiger partial charge in [0.2, 0.25) is 5.91 Å². The molecule has 2 unspecified atom stereocenters. The zero-order valence-electron chi connectivity index (χ0n) is 11.2. The Kier molecular flexibility index (Phi) is 4.73. The lowest BCUT2D eigenvalue weighted by Crippen LogP contribution is -2.44. The van der Waals surface area contributed by atoms with Crippen LogP contribution in [0.4, 0.5) is 0 Å². The molecule has 0 radical (unpaired) electrons. The number of hydrogen-bond acceptors (Lipinski definition) is 3. The Hall–Kier alpha value is -1.55. The van der Waals surface area contributed by atoms with E-state index in [1.807, 2.05) is 26.8 Å². The molecule has 0 heterocycles. The van der Waals surface area contributed by atoms with Crippen LogP contribution in [0.5, 0.6) is 5.75 Å². The van der Waals surface area contributed by atoms with E-state index in [2.05, 4.69) is 5.32 Å². The van der Waals surface area contributed by atoms with Gasteiger partial charge in [0.05, 0.1) is 11.5 Å². The largest absolute Gasteiger partial charge is 0.508 e. The van der Waals surface area contributed by atoms with Crippen LogP contribution in [-0.2, 0) is 4.79 Å². The fraction of sp³-hybridized carbons (Fsp3) is 0.500. The summed E-state index contributed by atoms with van der Waals surface area (Å²) in [6.45, 7) is 6.02. The first-order chi connectivity index (χ1) is 8.42. The van der Waals surface area contributed by atoms with Crippen LogP contribution in [0.25, 0.3) is 0 Å². The number of carbonyl (C=O) groups excluding carboxylic acids is 1. The Balaban J connectivity index is 2.76. The van der Waals surface area contributed by atoms with E-state index < -0.39 is 5.41 Å². The van der Waals surface area contributed by atoms with Gasteiger partial charge in [-0.05, 0) is 38.0 Å². The highest BCUT2D eigenvalue weighted by atomic mass is 16.3. The van der Waals surface area contributed by atoms with Gasteiger partial charge >= 0.3 is 0 Å². The molecule has 18 heavy (non-hydrogen) atoms. The van der Waals surface area contributed by atoms with Crippen molar-refractivity contribution in [2.24, 2.45) is 11.1 Å². The van der Waals surface area contributed by atoms with Gasteiger partial charge in [0, 0.05) is 6.54 Å². The van der Waals surface area contributed by atoms with Gasteiger partial charge < -0.3 is 16.2 Å². The average Bonchev–Trinajstić information content (AvgIpc) is 2.37. The first-order valence-electron chi connectivity index (χ1n) is 6.23. The number of carbonyl (C=O) groups is 1. The van der Waals surface area contributed by atoms with Crippen molar-refractivity contribution in [3.8, 4) is 5.75 Å². The summed E-state index contributed by atoms with van der Waals surface area (Å²) < 4.78 is 0. The predicted octanol–water partition coefficient (Wildman–Crippen LogP) is 1.94. The van der Waals surface area contributed by atoms with Crippen LogP contribution in [0.15, 0.2) is 24.3 Å². The second-order valence-electron chi connectivity index (χ2n) is 4.91. The Labute approximate surface area is 108 Å². The van der Waals surface area contributed by atoms with Crippen molar-refractivity contribution in [1.82, 2.24) is 5.32 Å². The molecule has 0 aliphatic heterocycles. The average molecular weight is 250 g/mol. The van der Waals surface area contributed by atoms with E-state index >= 15 is 0 Å². The van der Waals surface area contributed by atoms with Gasteiger partial charge in [0.15, 0.2) is 0 Å². The van der Waals surface area contributed by atoms with Crippen LogP contribution in [-0.4, -0.2) is 17.6 Å². The predicted molar refractivity (Wildman–Crippen MR) is 72.1 cm³/mol. The molecule has 2 atom stereocenters. The van der Waals surface area contributed by atoms with Gasteiger partial charge in [-0.1, -0.05) is 19.1 Å². The standard InChI is InChI=1S/C14H22N2O2/c1-4-14(3,9-15)13(18)16-10(2)11-6-5-7-12(17)8-11/h5-8,10,17H,4,9,15H2,1-3H3,(H,16,18). The lowest BCUT2D eigenvalue weighted by molar-refractivity contribution is -0.130. The molecule has 1 rings (SSSR count). The number of rotatable bonds is 5. The number of hydrogen-bond donors (Lipinski definition) is 3. The maximum Gasteiger partial charge on any atom is 0.227 e. The molecule has 0 bridgehead atoms. The lowest BCUT2D eigenvalue weighted by atomic mass is 9.86. The van der Waals surface area contributed by atoms with Crippen molar-refractivity contribution in [2.45, 2.75) is 33.2 Å². The van der Waals surface area contributed by atoms with E-state index in [1.165, 1.54) is 0 Å². The maximum absolute atomic E-state index is 12.1. The van der Waals surface area contributed by atoms with Crippen molar-refractivity contribution in [3.63, 3.8) is 0 Å². The Morgan fingerprint density at radius 3 is 2.72 bits per heavy atom. The Bertz CT molecular complexity index is 414. The van der Waals surface area contributed by atoms with E-state index in [0.717, 1.165) is 5.56 Å². The summed E-state index contributed by atoms with van der Waals surface area (Å²) in [5, 5.41) is 12.4. The van der Waals surface area contributed by atoms with Gasteiger partial charge in [0.1, 0.15) is 5.75 Å². The molecule has 0 aromatic heterocycles.